The second-order valence-electron chi connectivity index (χ2n) is 5.36. The zero-order valence-corrected chi connectivity index (χ0v) is 12.9. The lowest BCUT2D eigenvalue weighted by Crippen LogP contribution is -2.07. The normalized spacial score (nSPS) is 10.7. The fourth-order valence-electron chi connectivity index (χ4n) is 2.08. The number of anilines is 1. The van der Waals surface area contributed by atoms with E-state index in [4.69, 9.17) is 15.2 Å². The van der Waals surface area contributed by atoms with Crippen molar-refractivity contribution in [1.29, 1.82) is 0 Å². The van der Waals surface area contributed by atoms with Crippen LogP contribution in [0.5, 0.6) is 17.2 Å². The molecule has 0 amide bonds. The van der Waals surface area contributed by atoms with Crippen LogP contribution in [0.15, 0.2) is 42.5 Å². The van der Waals surface area contributed by atoms with E-state index in [1.807, 2.05) is 38.1 Å². The lowest BCUT2D eigenvalue weighted by atomic mass is 10.1. The number of nitrogen functional groups attached to an aromatic ring is 1. The second-order valence-corrected chi connectivity index (χ2v) is 5.36. The van der Waals surface area contributed by atoms with Gasteiger partial charge in [-0.05, 0) is 50.1 Å². The van der Waals surface area contributed by atoms with Crippen LogP contribution in [-0.4, -0.2) is 6.10 Å². The third-order valence-corrected chi connectivity index (χ3v) is 3.05. The zero-order chi connectivity index (χ0) is 15.2. The molecule has 112 valence electrons. The van der Waals surface area contributed by atoms with Gasteiger partial charge in [0.15, 0.2) is 0 Å². The van der Waals surface area contributed by atoms with Crippen molar-refractivity contribution in [3.05, 3.63) is 48.0 Å². The van der Waals surface area contributed by atoms with Gasteiger partial charge in [-0.15, -0.1) is 0 Å². The molecular formula is C18H23NO2. The van der Waals surface area contributed by atoms with Crippen molar-refractivity contribution in [2.75, 3.05) is 5.73 Å². The number of nitrogens with two attached hydrogens (primary N) is 1. The Labute approximate surface area is 126 Å². The van der Waals surface area contributed by atoms with E-state index in [-0.39, 0.29) is 6.10 Å². The maximum atomic E-state index is 5.90. The Kier molecular flexibility index (Phi) is 5.09. The van der Waals surface area contributed by atoms with Crippen LogP contribution >= 0.6 is 0 Å². The Balaban J connectivity index is 2.11. The fraction of sp³-hybridized carbons (Fsp3) is 0.333. The Bertz CT molecular complexity index is 576. The van der Waals surface area contributed by atoms with Crippen LogP contribution in [0.4, 0.5) is 5.69 Å². The van der Waals surface area contributed by atoms with Gasteiger partial charge in [0.05, 0.1) is 11.8 Å². The van der Waals surface area contributed by atoms with Gasteiger partial charge in [-0.25, -0.2) is 0 Å². The first-order chi connectivity index (χ1) is 10.1. The molecule has 0 radical (unpaired) electrons. The summed E-state index contributed by atoms with van der Waals surface area (Å²) in [4.78, 5) is 0. The number of aryl methyl sites for hydroxylation is 1. The second kappa shape index (κ2) is 7.02. The lowest BCUT2D eigenvalue weighted by molar-refractivity contribution is 0.243. The third-order valence-electron chi connectivity index (χ3n) is 3.05. The first-order valence-electron chi connectivity index (χ1n) is 7.41. The van der Waals surface area contributed by atoms with E-state index < -0.39 is 0 Å². The smallest absolute Gasteiger partial charge is 0.146 e. The van der Waals surface area contributed by atoms with Crippen molar-refractivity contribution in [3.63, 3.8) is 0 Å². The minimum absolute atomic E-state index is 0.0795. The van der Waals surface area contributed by atoms with Crippen LogP contribution in [0, 0.1) is 0 Å². The molecule has 0 aliphatic carbocycles. The summed E-state index contributed by atoms with van der Waals surface area (Å²) in [5, 5.41) is 0. The predicted octanol–water partition coefficient (Wildman–Crippen LogP) is 4.80. The van der Waals surface area contributed by atoms with Crippen LogP contribution in [0.1, 0.15) is 32.8 Å². The predicted molar refractivity (Wildman–Crippen MR) is 87.1 cm³/mol. The summed E-state index contributed by atoms with van der Waals surface area (Å²) < 4.78 is 11.5. The van der Waals surface area contributed by atoms with Gasteiger partial charge in [0.2, 0.25) is 0 Å². The molecule has 0 saturated carbocycles. The molecule has 2 rings (SSSR count). The van der Waals surface area contributed by atoms with Crippen molar-refractivity contribution in [3.8, 4) is 17.2 Å². The molecule has 0 saturated heterocycles. The molecule has 0 aliphatic rings. The van der Waals surface area contributed by atoms with Crippen molar-refractivity contribution in [2.45, 2.75) is 39.7 Å². The van der Waals surface area contributed by atoms with Crippen molar-refractivity contribution >= 4 is 5.69 Å². The lowest BCUT2D eigenvalue weighted by Gasteiger charge is -2.14. The maximum Gasteiger partial charge on any atom is 0.146 e. The molecule has 2 aromatic carbocycles. The molecule has 0 spiro atoms. The van der Waals surface area contributed by atoms with Crippen molar-refractivity contribution in [1.82, 2.24) is 0 Å². The minimum Gasteiger partial charge on any atom is -0.489 e. The van der Waals surface area contributed by atoms with Crippen molar-refractivity contribution < 1.29 is 9.47 Å². The monoisotopic (exact) mass is 285 g/mol. The molecule has 0 bridgehead atoms. The van der Waals surface area contributed by atoms with Crippen LogP contribution < -0.4 is 15.2 Å². The molecule has 21 heavy (non-hydrogen) atoms. The van der Waals surface area contributed by atoms with E-state index >= 15 is 0 Å². The number of rotatable bonds is 6. The van der Waals surface area contributed by atoms with Gasteiger partial charge in [0.25, 0.3) is 0 Å². The van der Waals surface area contributed by atoms with Gasteiger partial charge in [-0.2, -0.15) is 0 Å². The summed E-state index contributed by atoms with van der Waals surface area (Å²) in [6.45, 7) is 6.12. The average molecular weight is 285 g/mol. The van der Waals surface area contributed by atoms with Crippen LogP contribution in [0.25, 0.3) is 0 Å². The highest BCUT2D eigenvalue weighted by atomic mass is 16.5. The topological polar surface area (TPSA) is 44.5 Å². The van der Waals surface area contributed by atoms with E-state index in [0.717, 1.165) is 24.3 Å². The molecule has 2 aromatic rings. The van der Waals surface area contributed by atoms with E-state index in [9.17, 15) is 0 Å². The van der Waals surface area contributed by atoms with Gasteiger partial charge >= 0.3 is 0 Å². The van der Waals surface area contributed by atoms with Gasteiger partial charge in [-0.3, -0.25) is 0 Å². The molecule has 0 heterocycles. The number of ether oxygens (including phenoxy) is 2. The first kappa shape index (κ1) is 15.2. The Hall–Kier alpha value is -2.16. The average Bonchev–Trinajstić information content (AvgIpc) is 2.44. The van der Waals surface area contributed by atoms with E-state index in [2.05, 4.69) is 19.1 Å². The van der Waals surface area contributed by atoms with Gasteiger partial charge < -0.3 is 15.2 Å². The third kappa shape index (κ3) is 4.42. The summed E-state index contributed by atoms with van der Waals surface area (Å²) in [7, 11) is 0. The molecular weight excluding hydrogens is 262 g/mol. The summed E-state index contributed by atoms with van der Waals surface area (Å²) >= 11 is 0. The number of hydrogen-bond donors (Lipinski definition) is 1. The minimum atomic E-state index is 0.0795. The molecule has 0 aliphatic heterocycles. The Morgan fingerprint density at radius 3 is 2.29 bits per heavy atom. The molecule has 2 N–H and O–H groups in total. The number of benzene rings is 2. The molecule has 0 fully saturated rings. The molecule has 3 heteroatoms. The Morgan fingerprint density at radius 2 is 1.67 bits per heavy atom. The largest absolute Gasteiger partial charge is 0.489 e. The van der Waals surface area contributed by atoms with Crippen LogP contribution in [-0.2, 0) is 6.42 Å². The maximum absolute atomic E-state index is 5.90. The molecule has 0 atom stereocenters. The quantitative estimate of drug-likeness (QED) is 0.775. The van der Waals surface area contributed by atoms with Gasteiger partial charge in [0, 0.05) is 6.07 Å². The highest BCUT2D eigenvalue weighted by molar-refractivity contribution is 5.56. The molecule has 0 aromatic heterocycles. The fourth-order valence-corrected chi connectivity index (χ4v) is 2.08. The summed E-state index contributed by atoms with van der Waals surface area (Å²) in [6, 6.07) is 13.7. The van der Waals surface area contributed by atoms with Gasteiger partial charge in [0.1, 0.15) is 17.2 Å². The SMILES string of the molecule is CCCc1ccc(Oc2ccc(N)c(OC(C)C)c2)cc1. The van der Waals surface area contributed by atoms with E-state index in [1.165, 1.54) is 5.56 Å². The summed E-state index contributed by atoms with van der Waals surface area (Å²) in [6.07, 6.45) is 2.32. The summed E-state index contributed by atoms with van der Waals surface area (Å²) in [5.41, 5.74) is 7.85. The highest BCUT2D eigenvalue weighted by Crippen LogP contribution is 2.30. The molecule has 0 unspecified atom stereocenters. The number of hydrogen-bond acceptors (Lipinski definition) is 3. The van der Waals surface area contributed by atoms with Crippen LogP contribution in [0.2, 0.25) is 0 Å². The van der Waals surface area contributed by atoms with E-state index in [0.29, 0.717) is 11.4 Å². The van der Waals surface area contributed by atoms with Gasteiger partial charge in [-0.1, -0.05) is 25.5 Å². The standard InChI is InChI=1S/C18H23NO2/c1-4-5-14-6-8-15(9-7-14)21-16-10-11-17(19)18(12-16)20-13(2)3/h6-13H,4-5,19H2,1-3H3. The highest BCUT2D eigenvalue weighted by Gasteiger charge is 2.06. The Morgan fingerprint density at radius 1 is 1.00 bits per heavy atom. The zero-order valence-electron chi connectivity index (χ0n) is 12.9. The summed E-state index contributed by atoms with van der Waals surface area (Å²) in [5.74, 6) is 2.20. The molecule has 3 nitrogen and oxygen atoms in total. The van der Waals surface area contributed by atoms with Crippen LogP contribution in [0.3, 0.4) is 0 Å². The van der Waals surface area contributed by atoms with E-state index in [1.54, 1.807) is 6.07 Å². The first-order valence-corrected chi connectivity index (χ1v) is 7.41. The van der Waals surface area contributed by atoms with Crippen molar-refractivity contribution in [2.24, 2.45) is 0 Å².